The van der Waals surface area contributed by atoms with Crippen molar-refractivity contribution in [1.82, 2.24) is 0 Å². The second-order valence-corrected chi connectivity index (χ2v) is 6.85. The number of nitrogens with one attached hydrogen (secondary N) is 1. The van der Waals surface area contributed by atoms with Crippen molar-refractivity contribution in [3.8, 4) is 11.5 Å². The maximum Gasteiger partial charge on any atom is 0.339 e. The van der Waals surface area contributed by atoms with Crippen molar-refractivity contribution in [3.05, 3.63) is 89.5 Å². The zero-order chi connectivity index (χ0) is 22.2. The number of hydrogen-bond donors (Lipinski definition) is 1. The van der Waals surface area contributed by atoms with E-state index in [1.807, 2.05) is 26.0 Å². The SMILES string of the molecule is CCOc1ccc(C(=O)O[C@H](C(=O)Nc2cc(C)ccc2OC)c2ccccc2)cc1. The third-order valence-electron chi connectivity index (χ3n) is 4.58. The Bertz CT molecular complexity index is 1030. The number of anilines is 1. The van der Waals surface area contributed by atoms with Crippen molar-refractivity contribution in [3.63, 3.8) is 0 Å². The van der Waals surface area contributed by atoms with Gasteiger partial charge in [-0.15, -0.1) is 0 Å². The Hall–Kier alpha value is -3.80. The van der Waals surface area contributed by atoms with Crippen LogP contribution in [0.4, 0.5) is 5.69 Å². The molecule has 0 aromatic heterocycles. The molecule has 0 aliphatic heterocycles. The van der Waals surface area contributed by atoms with Gasteiger partial charge in [-0.2, -0.15) is 0 Å². The highest BCUT2D eigenvalue weighted by molar-refractivity contribution is 5.99. The van der Waals surface area contributed by atoms with Gasteiger partial charge in [-0.3, -0.25) is 4.79 Å². The van der Waals surface area contributed by atoms with Gasteiger partial charge in [0, 0.05) is 5.56 Å². The van der Waals surface area contributed by atoms with E-state index in [0.29, 0.717) is 34.9 Å². The second-order valence-electron chi connectivity index (χ2n) is 6.85. The summed E-state index contributed by atoms with van der Waals surface area (Å²) in [7, 11) is 1.53. The van der Waals surface area contributed by atoms with Crippen molar-refractivity contribution in [2.24, 2.45) is 0 Å². The molecule has 3 aromatic carbocycles. The molecule has 1 amide bonds. The van der Waals surface area contributed by atoms with Gasteiger partial charge in [-0.25, -0.2) is 4.79 Å². The van der Waals surface area contributed by atoms with Crippen LogP contribution in [-0.2, 0) is 9.53 Å². The quantitative estimate of drug-likeness (QED) is 0.524. The van der Waals surface area contributed by atoms with Crippen LogP contribution in [0.25, 0.3) is 0 Å². The Morgan fingerprint density at radius 1 is 0.968 bits per heavy atom. The molecule has 160 valence electrons. The average molecular weight is 419 g/mol. The Kier molecular flexibility index (Phi) is 7.27. The van der Waals surface area contributed by atoms with Gasteiger partial charge in [0.05, 0.1) is 25.0 Å². The van der Waals surface area contributed by atoms with Crippen LogP contribution in [-0.4, -0.2) is 25.6 Å². The van der Waals surface area contributed by atoms with Gasteiger partial charge >= 0.3 is 5.97 Å². The highest BCUT2D eigenvalue weighted by atomic mass is 16.5. The summed E-state index contributed by atoms with van der Waals surface area (Å²) < 4.78 is 16.4. The first-order chi connectivity index (χ1) is 15.0. The Balaban J connectivity index is 1.84. The molecular weight excluding hydrogens is 394 g/mol. The van der Waals surface area contributed by atoms with Crippen LogP contribution >= 0.6 is 0 Å². The molecule has 0 saturated carbocycles. The number of ether oxygens (including phenoxy) is 3. The summed E-state index contributed by atoms with van der Waals surface area (Å²) in [5.41, 5.74) is 2.35. The number of methoxy groups -OCH3 is 1. The van der Waals surface area contributed by atoms with Crippen LogP contribution in [0.1, 0.15) is 34.5 Å². The van der Waals surface area contributed by atoms with Crippen LogP contribution in [0.2, 0.25) is 0 Å². The van der Waals surface area contributed by atoms with E-state index in [-0.39, 0.29) is 0 Å². The summed E-state index contributed by atoms with van der Waals surface area (Å²) in [5, 5.41) is 2.82. The molecular formula is C25H25NO5. The number of amides is 1. The van der Waals surface area contributed by atoms with E-state index in [0.717, 1.165) is 5.56 Å². The fraction of sp³-hybridized carbons (Fsp3) is 0.200. The lowest BCUT2D eigenvalue weighted by Gasteiger charge is -2.19. The number of esters is 1. The topological polar surface area (TPSA) is 73.9 Å². The molecule has 0 aliphatic carbocycles. The molecule has 1 N–H and O–H groups in total. The van der Waals surface area contributed by atoms with E-state index >= 15 is 0 Å². The zero-order valence-electron chi connectivity index (χ0n) is 17.8. The van der Waals surface area contributed by atoms with Crippen LogP contribution < -0.4 is 14.8 Å². The third kappa shape index (κ3) is 5.63. The van der Waals surface area contributed by atoms with Gasteiger partial charge in [0.1, 0.15) is 11.5 Å². The van der Waals surface area contributed by atoms with Crippen molar-refractivity contribution in [2.45, 2.75) is 20.0 Å². The van der Waals surface area contributed by atoms with Crippen molar-refractivity contribution in [1.29, 1.82) is 0 Å². The fourth-order valence-electron chi connectivity index (χ4n) is 3.05. The van der Waals surface area contributed by atoms with E-state index in [2.05, 4.69) is 5.32 Å². The van der Waals surface area contributed by atoms with Gasteiger partial charge < -0.3 is 19.5 Å². The number of hydrogen-bond acceptors (Lipinski definition) is 5. The van der Waals surface area contributed by atoms with Gasteiger partial charge in [0.15, 0.2) is 0 Å². The Morgan fingerprint density at radius 3 is 2.32 bits per heavy atom. The highest BCUT2D eigenvalue weighted by Crippen LogP contribution is 2.28. The van der Waals surface area contributed by atoms with Crippen molar-refractivity contribution >= 4 is 17.6 Å². The molecule has 31 heavy (non-hydrogen) atoms. The smallest absolute Gasteiger partial charge is 0.339 e. The summed E-state index contributed by atoms with van der Waals surface area (Å²) in [6.07, 6.45) is -1.13. The molecule has 0 unspecified atom stereocenters. The first-order valence-corrected chi connectivity index (χ1v) is 9.96. The molecule has 0 saturated heterocycles. The minimum Gasteiger partial charge on any atom is -0.495 e. The third-order valence-corrected chi connectivity index (χ3v) is 4.58. The Morgan fingerprint density at radius 2 is 1.68 bits per heavy atom. The molecule has 3 rings (SSSR count). The molecule has 0 heterocycles. The van der Waals surface area contributed by atoms with Crippen LogP contribution in [0.5, 0.6) is 11.5 Å². The van der Waals surface area contributed by atoms with Crippen LogP contribution in [0, 0.1) is 6.92 Å². The maximum absolute atomic E-state index is 13.1. The summed E-state index contributed by atoms with van der Waals surface area (Å²) in [5.74, 6) is 0.0872. The minimum absolute atomic E-state index is 0.324. The van der Waals surface area contributed by atoms with E-state index in [1.54, 1.807) is 60.7 Å². The van der Waals surface area contributed by atoms with E-state index in [9.17, 15) is 9.59 Å². The molecule has 0 fully saturated rings. The van der Waals surface area contributed by atoms with Gasteiger partial charge in [0.25, 0.3) is 5.91 Å². The Labute approximate surface area is 181 Å². The summed E-state index contributed by atoms with van der Waals surface area (Å²) in [4.78, 5) is 25.9. The molecule has 0 radical (unpaired) electrons. The first-order valence-electron chi connectivity index (χ1n) is 9.96. The van der Waals surface area contributed by atoms with Crippen LogP contribution in [0.15, 0.2) is 72.8 Å². The predicted octanol–water partition coefficient (Wildman–Crippen LogP) is 4.94. The zero-order valence-corrected chi connectivity index (χ0v) is 17.8. The van der Waals surface area contributed by atoms with E-state index in [4.69, 9.17) is 14.2 Å². The average Bonchev–Trinajstić information content (AvgIpc) is 2.78. The van der Waals surface area contributed by atoms with Gasteiger partial charge in [-0.05, 0) is 55.8 Å². The fourth-order valence-corrected chi connectivity index (χ4v) is 3.05. The molecule has 6 heteroatoms. The number of aryl methyl sites for hydroxylation is 1. The number of carbonyl (C=O) groups excluding carboxylic acids is 2. The molecule has 1 atom stereocenters. The number of benzene rings is 3. The van der Waals surface area contributed by atoms with Crippen LogP contribution in [0.3, 0.4) is 0 Å². The lowest BCUT2D eigenvalue weighted by molar-refractivity contribution is -0.125. The van der Waals surface area contributed by atoms with Crippen molar-refractivity contribution in [2.75, 3.05) is 19.0 Å². The van der Waals surface area contributed by atoms with Gasteiger partial charge in [0.2, 0.25) is 6.10 Å². The second kappa shape index (κ2) is 10.3. The number of carbonyl (C=O) groups is 2. The largest absolute Gasteiger partial charge is 0.495 e. The predicted molar refractivity (Wildman–Crippen MR) is 119 cm³/mol. The molecule has 3 aromatic rings. The van der Waals surface area contributed by atoms with E-state index < -0.39 is 18.0 Å². The maximum atomic E-state index is 13.1. The standard InChI is InChI=1S/C25H25NO5/c1-4-30-20-13-11-19(12-14-20)25(28)31-23(18-8-6-5-7-9-18)24(27)26-21-16-17(2)10-15-22(21)29-3/h5-16,23H,4H2,1-3H3,(H,26,27)/t23-/m0/s1. The van der Waals surface area contributed by atoms with Gasteiger partial charge in [-0.1, -0.05) is 36.4 Å². The lowest BCUT2D eigenvalue weighted by Crippen LogP contribution is -2.26. The minimum atomic E-state index is -1.13. The normalized spacial score (nSPS) is 11.3. The monoisotopic (exact) mass is 419 g/mol. The molecule has 0 spiro atoms. The molecule has 6 nitrogen and oxygen atoms in total. The lowest BCUT2D eigenvalue weighted by atomic mass is 10.1. The molecule has 0 bridgehead atoms. The summed E-state index contributed by atoms with van der Waals surface area (Å²) in [6, 6.07) is 20.9. The summed E-state index contributed by atoms with van der Waals surface area (Å²) >= 11 is 0. The number of rotatable bonds is 8. The first kappa shape index (κ1) is 21.9. The van der Waals surface area contributed by atoms with E-state index in [1.165, 1.54) is 7.11 Å². The molecule has 0 aliphatic rings. The summed E-state index contributed by atoms with van der Waals surface area (Å²) in [6.45, 7) is 4.33. The van der Waals surface area contributed by atoms with Crippen molar-refractivity contribution < 1.29 is 23.8 Å². The highest BCUT2D eigenvalue weighted by Gasteiger charge is 2.26.